The van der Waals surface area contributed by atoms with E-state index in [4.69, 9.17) is 5.11 Å². The quantitative estimate of drug-likeness (QED) is 0.732. The molecule has 1 fully saturated rings. The lowest BCUT2D eigenvalue weighted by Gasteiger charge is -2.34. The van der Waals surface area contributed by atoms with Crippen molar-refractivity contribution in [2.75, 3.05) is 31.1 Å². The summed E-state index contributed by atoms with van der Waals surface area (Å²) >= 11 is 0. The second-order valence-corrected chi connectivity index (χ2v) is 3.68. The van der Waals surface area contributed by atoms with Crippen molar-refractivity contribution in [2.24, 2.45) is 0 Å². The molecule has 1 amide bonds. The first-order valence-corrected chi connectivity index (χ1v) is 5.20. The second kappa shape index (κ2) is 4.77. The molecule has 2 rings (SSSR count). The molecule has 1 aromatic heterocycles. The Labute approximate surface area is 97.7 Å². The molecule has 0 atom stereocenters. The number of amides is 1. The Kier molecular flexibility index (Phi) is 3.17. The number of hydrogen-bond donors (Lipinski definition) is 1. The lowest BCUT2D eigenvalue weighted by Crippen LogP contribution is -2.48. The normalized spacial score (nSPS) is 15.8. The highest BCUT2D eigenvalue weighted by atomic mass is 16.4. The van der Waals surface area contributed by atoms with E-state index in [-0.39, 0.29) is 0 Å². The van der Waals surface area contributed by atoms with Gasteiger partial charge in [0.15, 0.2) is 6.29 Å². The average Bonchev–Trinajstić information content (AvgIpc) is 2.39. The van der Waals surface area contributed by atoms with E-state index in [1.165, 1.54) is 17.4 Å². The third-order valence-corrected chi connectivity index (χ3v) is 2.70. The monoisotopic (exact) mass is 236 g/mol. The van der Waals surface area contributed by atoms with E-state index >= 15 is 0 Å². The molecule has 0 spiro atoms. The fourth-order valence-electron chi connectivity index (χ4n) is 1.79. The van der Waals surface area contributed by atoms with Crippen LogP contribution in [0.3, 0.4) is 0 Å². The first-order chi connectivity index (χ1) is 8.22. The van der Waals surface area contributed by atoms with E-state index in [1.54, 1.807) is 0 Å². The Morgan fingerprint density at radius 3 is 2.65 bits per heavy atom. The number of aromatic nitrogens is 2. The summed E-state index contributed by atoms with van der Waals surface area (Å²) in [5, 5.41) is 8.82. The molecule has 90 valence electrons. The zero-order valence-corrected chi connectivity index (χ0v) is 9.11. The zero-order chi connectivity index (χ0) is 12.3. The molecular weight excluding hydrogens is 224 g/mol. The molecule has 7 nitrogen and oxygen atoms in total. The summed E-state index contributed by atoms with van der Waals surface area (Å²) < 4.78 is 0. The van der Waals surface area contributed by atoms with E-state index in [2.05, 4.69) is 9.97 Å². The fraction of sp³-hybridized carbons (Fsp3) is 0.400. The second-order valence-electron chi connectivity index (χ2n) is 3.68. The minimum atomic E-state index is -0.914. The highest BCUT2D eigenvalue weighted by Gasteiger charge is 2.22. The summed E-state index contributed by atoms with van der Waals surface area (Å²) in [4.78, 5) is 32.7. The maximum atomic E-state index is 10.8. The summed E-state index contributed by atoms with van der Waals surface area (Å²) in [7, 11) is 0. The molecular formula is C10H12N4O3. The van der Waals surface area contributed by atoms with Crippen molar-refractivity contribution in [3.63, 3.8) is 0 Å². The van der Waals surface area contributed by atoms with Gasteiger partial charge in [0.25, 0.3) is 0 Å². The van der Waals surface area contributed by atoms with Gasteiger partial charge in [0.05, 0.1) is 5.56 Å². The van der Waals surface area contributed by atoms with Crippen LogP contribution in [0, 0.1) is 0 Å². The summed E-state index contributed by atoms with van der Waals surface area (Å²) in [6.07, 6.45) is 2.63. The fourth-order valence-corrected chi connectivity index (χ4v) is 1.79. The highest BCUT2D eigenvalue weighted by Crippen LogP contribution is 2.16. The molecule has 1 aliphatic rings. The smallest absolute Gasteiger partial charge is 0.407 e. The van der Waals surface area contributed by atoms with Gasteiger partial charge < -0.3 is 14.9 Å². The third-order valence-electron chi connectivity index (χ3n) is 2.70. The molecule has 0 bridgehead atoms. The predicted octanol–water partition coefficient (Wildman–Crippen LogP) is 0.0891. The largest absolute Gasteiger partial charge is 0.465 e. The number of piperazine rings is 1. The predicted molar refractivity (Wildman–Crippen MR) is 59.2 cm³/mol. The van der Waals surface area contributed by atoms with Crippen molar-refractivity contribution >= 4 is 18.2 Å². The number of carbonyl (C=O) groups is 2. The maximum absolute atomic E-state index is 10.8. The van der Waals surface area contributed by atoms with E-state index in [0.717, 1.165) is 0 Å². The van der Waals surface area contributed by atoms with E-state index in [9.17, 15) is 9.59 Å². The maximum Gasteiger partial charge on any atom is 0.407 e. The summed E-state index contributed by atoms with van der Waals surface area (Å²) in [5.74, 6) is 0.569. The SMILES string of the molecule is O=Cc1cncnc1N1CCN(C(=O)O)CC1. The third kappa shape index (κ3) is 2.32. The molecule has 2 heterocycles. The van der Waals surface area contributed by atoms with Crippen LogP contribution in [-0.4, -0.2) is 58.5 Å². The molecule has 1 saturated heterocycles. The Morgan fingerprint density at radius 2 is 2.06 bits per heavy atom. The lowest BCUT2D eigenvalue weighted by molar-refractivity contribution is 0.112. The number of carboxylic acid groups (broad SMARTS) is 1. The van der Waals surface area contributed by atoms with Crippen molar-refractivity contribution in [1.82, 2.24) is 14.9 Å². The Bertz CT molecular complexity index is 429. The van der Waals surface area contributed by atoms with E-state index in [0.29, 0.717) is 43.8 Å². The van der Waals surface area contributed by atoms with Crippen molar-refractivity contribution in [3.05, 3.63) is 18.1 Å². The molecule has 0 saturated carbocycles. The van der Waals surface area contributed by atoms with Gasteiger partial charge in [-0.2, -0.15) is 0 Å². The van der Waals surface area contributed by atoms with Gasteiger partial charge in [0.1, 0.15) is 12.1 Å². The Morgan fingerprint density at radius 1 is 1.35 bits per heavy atom. The number of nitrogens with zero attached hydrogens (tertiary/aromatic N) is 4. The summed E-state index contributed by atoms with van der Waals surface area (Å²) in [6, 6.07) is 0. The van der Waals surface area contributed by atoms with Gasteiger partial charge >= 0.3 is 6.09 Å². The first-order valence-electron chi connectivity index (χ1n) is 5.20. The number of anilines is 1. The van der Waals surface area contributed by atoms with Crippen molar-refractivity contribution in [2.45, 2.75) is 0 Å². The van der Waals surface area contributed by atoms with Gasteiger partial charge in [0.2, 0.25) is 0 Å². The Hall–Kier alpha value is -2.18. The van der Waals surface area contributed by atoms with Crippen LogP contribution in [-0.2, 0) is 0 Å². The summed E-state index contributed by atoms with van der Waals surface area (Å²) in [5.41, 5.74) is 0.427. The van der Waals surface area contributed by atoms with Crippen LogP contribution in [0.2, 0.25) is 0 Å². The first kappa shape index (κ1) is 11.3. The highest BCUT2D eigenvalue weighted by molar-refractivity contribution is 5.82. The van der Waals surface area contributed by atoms with Gasteiger partial charge in [-0.15, -0.1) is 0 Å². The standard InChI is InChI=1S/C10H12N4O3/c15-6-8-5-11-7-12-9(8)13-1-3-14(4-2-13)10(16)17/h5-7H,1-4H2,(H,16,17). The Balaban J connectivity index is 2.10. The van der Waals surface area contributed by atoms with Gasteiger partial charge in [-0.25, -0.2) is 14.8 Å². The van der Waals surface area contributed by atoms with E-state index in [1.807, 2.05) is 4.90 Å². The molecule has 1 aliphatic heterocycles. The molecule has 0 radical (unpaired) electrons. The number of carbonyl (C=O) groups excluding carboxylic acids is 1. The van der Waals surface area contributed by atoms with Crippen LogP contribution in [0.25, 0.3) is 0 Å². The van der Waals surface area contributed by atoms with Crippen LogP contribution < -0.4 is 4.90 Å². The molecule has 0 aromatic carbocycles. The molecule has 17 heavy (non-hydrogen) atoms. The molecule has 7 heteroatoms. The minimum Gasteiger partial charge on any atom is -0.465 e. The van der Waals surface area contributed by atoms with Gasteiger partial charge in [-0.1, -0.05) is 0 Å². The molecule has 1 aromatic rings. The number of hydrogen-bond acceptors (Lipinski definition) is 5. The van der Waals surface area contributed by atoms with Crippen LogP contribution in [0.15, 0.2) is 12.5 Å². The van der Waals surface area contributed by atoms with Crippen LogP contribution >= 0.6 is 0 Å². The lowest BCUT2D eigenvalue weighted by atomic mass is 10.2. The minimum absolute atomic E-state index is 0.414. The van der Waals surface area contributed by atoms with Crippen molar-refractivity contribution in [3.8, 4) is 0 Å². The van der Waals surface area contributed by atoms with Gasteiger partial charge in [-0.05, 0) is 0 Å². The van der Waals surface area contributed by atoms with Crippen LogP contribution in [0.4, 0.5) is 10.6 Å². The molecule has 0 aliphatic carbocycles. The van der Waals surface area contributed by atoms with Gasteiger partial charge in [-0.3, -0.25) is 4.79 Å². The summed E-state index contributed by atoms with van der Waals surface area (Å²) in [6.45, 7) is 1.89. The number of rotatable bonds is 2. The van der Waals surface area contributed by atoms with Crippen molar-refractivity contribution in [1.29, 1.82) is 0 Å². The van der Waals surface area contributed by atoms with Gasteiger partial charge in [0, 0.05) is 32.4 Å². The average molecular weight is 236 g/mol. The molecule has 1 N–H and O–H groups in total. The van der Waals surface area contributed by atoms with Crippen molar-refractivity contribution < 1.29 is 14.7 Å². The zero-order valence-electron chi connectivity index (χ0n) is 9.11. The topological polar surface area (TPSA) is 86.6 Å². The van der Waals surface area contributed by atoms with Crippen LogP contribution in [0.1, 0.15) is 10.4 Å². The number of aldehydes is 1. The van der Waals surface area contributed by atoms with Crippen LogP contribution in [0.5, 0.6) is 0 Å². The molecule has 0 unspecified atom stereocenters. The van der Waals surface area contributed by atoms with E-state index < -0.39 is 6.09 Å².